The van der Waals surface area contributed by atoms with Gasteiger partial charge in [-0.1, -0.05) is 26.0 Å². The molecule has 1 aromatic rings. The summed E-state index contributed by atoms with van der Waals surface area (Å²) in [5, 5.41) is 15.3. The summed E-state index contributed by atoms with van der Waals surface area (Å²) in [5.41, 5.74) is 0.246. The lowest BCUT2D eigenvalue weighted by Crippen LogP contribution is -2.56. The number of rotatable bonds is 5. The topological polar surface area (TPSA) is 128 Å². The number of para-hydroxylation sites is 1. The minimum absolute atomic E-state index is 0.128. The molecule has 198 valence electrons. The van der Waals surface area contributed by atoms with Crippen molar-refractivity contribution in [1.82, 2.24) is 20.4 Å². The zero-order valence-corrected chi connectivity index (χ0v) is 21.4. The second kappa shape index (κ2) is 12.7. The first kappa shape index (κ1) is 27.4. The Kier molecular flexibility index (Phi) is 9.69. The number of fused-ring (bicyclic) bond motifs is 1. The molecule has 0 aliphatic carbocycles. The zero-order chi connectivity index (χ0) is 26.2. The van der Waals surface area contributed by atoms with Crippen LogP contribution in [0.4, 0.5) is 0 Å². The highest BCUT2D eigenvalue weighted by Gasteiger charge is 2.33. The largest absolute Gasteiger partial charge is 0.491 e. The Morgan fingerprint density at radius 3 is 2.44 bits per heavy atom. The molecule has 0 spiro atoms. The van der Waals surface area contributed by atoms with Gasteiger partial charge in [-0.2, -0.15) is 0 Å². The van der Waals surface area contributed by atoms with Gasteiger partial charge in [0.05, 0.1) is 24.6 Å². The van der Waals surface area contributed by atoms with E-state index in [9.17, 15) is 24.3 Å². The zero-order valence-electron chi connectivity index (χ0n) is 21.4. The van der Waals surface area contributed by atoms with Crippen LogP contribution < -0.4 is 15.4 Å². The summed E-state index contributed by atoms with van der Waals surface area (Å²) in [7, 11) is 0. The van der Waals surface area contributed by atoms with Crippen LogP contribution in [0.2, 0.25) is 0 Å². The highest BCUT2D eigenvalue weighted by atomic mass is 16.5. The molecular formula is C26H38N4O6. The van der Waals surface area contributed by atoms with Gasteiger partial charge in [0.15, 0.2) is 0 Å². The molecule has 36 heavy (non-hydrogen) atoms. The van der Waals surface area contributed by atoms with Crippen LogP contribution in [-0.4, -0.2) is 89.5 Å². The number of likely N-dealkylation sites (tertiary alicyclic amines) is 1. The normalized spacial score (nSPS) is 22.5. The average Bonchev–Trinajstić information content (AvgIpc) is 2.85. The first-order chi connectivity index (χ1) is 17.2. The summed E-state index contributed by atoms with van der Waals surface area (Å²) in [6.45, 7) is 7.49. The molecule has 2 atom stereocenters. The molecule has 1 aromatic carbocycles. The van der Waals surface area contributed by atoms with E-state index in [-0.39, 0.29) is 36.3 Å². The molecular weight excluding hydrogens is 464 g/mol. The fourth-order valence-electron chi connectivity index (χ4n) is 4.52. The fourth-order valence-corrected chi connectivity index (χ4v) is 4.52. The number of nitrogens with zero attached hydrogens (tertiary/aromatic N) is 2. The van der Waals surface area contributed by atoms with Crippen molar-refractivity contribution in [1.29, 1.82) is 0 Å². The van der Waals surface area contributed by atoms with Crippen molar-refractivity contribution >= 4 is 23.6 Å². The Morgan fingerprint density at radius 2 is 1.78 bits per heavy atom. The van der Waals surface area contributed by atoms with E-state index in [1.165, 1.54) is 0 Å². The second-order valence-electron chi connectivity index (χ2n) is 9.80. The van der Waals surface area contributed by atoms with Gasteiger partial charge in [0.25, 0.3) is 5.91 Å². The molecule has 0 bridgehead atoms. The highest BCUT2D eigenvalue weighted by molar-refractivity contribution is 6.01. The fraction of sp³-hybridized carbons (Fsp3) is 0.615. The van der Waals surface area contributed by atoms with Crippen LogP contribution in [0.1, 0.15) is 56.8 Å². The maximum atomic E-state index is 13.4. The monoisotopic (exact) mass is 502 g/mol. The van der Waals surface area contributed by atoms with Crippen molar-refractivity contribution in [3.8, 4) is 5.75 Å². The van der Waals surface area contributed by atoms with Crippen LogP contribution in [0.15, 0.2) is 24.3 Å². The van der Waals surface area contributed by atoms with Crippen molar-refractivity contribution in [2.24, 2.45) is 5.92 Å². The first-order valence-corrected chi connectivity index (χ1v) is 12.8. The van der Waals surface area contributed by atoms with Gasteiger partial charge in [-0.25, -0.2) is 0 Å². The first-order valence-electron chi connectivity index (χ1n) is 12.8. The Bertz CT molecular complexity index is 944. The average molecular weight is 503 g/mol. The Morgan fingerprint density at radius 1 is 1.08 bits per heavy atom. The Balaban J connectivity index is 1.91. The van der Waals surface area contributed by atoms with Gasteiger partial charge in [0.2, 0.25) is 17.7 Å². The SMILES string of the molecule is CCN1CCOc2ccccc2C(=O)N[C@@H](CC(=O)N2CCC(O)CC2)C(=O)N[C@H](CC(C)C)C1=O. The molecule has 0 saturated carbocycles. The number of aliphatic hydroxyl groups excluding tert-OH is 1. The minimum Gasteiger partial charge on any atom is -0.491 e. The molecule has 2 heterocycles. The summed E-state index contributed by atoms with van der Waals surface area (Å²) in [5.74, 6) is -1.17. The number of hydrogen-bond donors (Lipinski definition) is 3. The highest BCUT2D eigenvalue weighted by Crippen LogP contribution is 2.20. The number of piperidine rings is 1. The maximum Gasteiger partial charge on any atom is 0.255 e. The summed E-state index contributed by atoms with van der Waals surface area (Å²) in [6.07, 6.45) is 0.662. The van der Waals surface area contributed by atoms with Crippen molar-refractivity contribution in [2.45, 2.75) is 64.6 Å². The number of aliphatic hydroxyl groups is 1. The number of likely N-dealkylation sites (N-methyl/N-ethyl adjacent to an activating group) is 1. The van der Waals surface area contributed by atoms with Crippen molar-refractivity contribution in [2.75, 3.05) is 32.8 Å². The predicted molar refractivity (Wildman–Crippen MR) is 133 cm³/mol. The summed E-state index contributed by atoms with van der Waals surface area (Å²) in [6, 6.07) is 4.72. The van der Waals surface area contributed by atoms with Crippen molar-refractivity contribution in [3.63, 3.8) is 0 Å². The third kappa shape index (κ3) is 7.19. The minimum atomic E-state index is -1.18. The maximum absolute atomic E-state index is 13.4. The molecule has 0 radical (unpaired) electrons. The lowest BCUT2D eigenvalue weighted by molar-refractivity contribution is -0.139. The smallest absolute Gasteiger partial charge is 0.255 e. The molecule has 10 nitrogen and oxygen atoms in total. The number of ether oxygens (including phenoxy) is 1. The van der Waals surface area contributed by atoms with Gasteiger partial charge in [0.1, 0.15) is 24.4 Å². The number of amides is 4. The van der Waals surface area contributed by atoms with Crippen LogP contribution >= 0.6 is 0 Å². The molecule has 4 amide bonds. The molecule has 2 aliphatic heterocycles. The van der Waals surface area contributed by atoms with Gasteiger partial charge >= 0.3 is 0 Å². The lowest BCUT2D eigenvalue weighted by atomic mass is 10.0. The number of benzene rings is 1. The van der Waals surface area contributed by atoms with Gasteiger partial charge < -0.3 is 30.3 Å². The number of carbonyl (C=O) groups is 4. The summed E-state index contributed by atoms with van der Waals surface area (Å²) < 4.78 is 5.86. The molecule has 1 saturated heterocycles. The van der Waals surface area contributed by atoms with E-state index in [0.29, 0.717) is 51.2 Å². The Hall–Kier alpha value is -3.14. The van der Waals surface area contributed by atoms with E-state index in [1.54, 1.807) is 34.1 Å². The third-order valence-electron chi connectivity index (χ3n) is 6.58. The molecule has 0 aromatic heterocycles. The molecule has 0 unspecified atom stereocenters. The van der Waals surface area contributed by atoms with Gasteiger partial charge in [-0.05, 0) is 44.2 Å². The van der Waals surface area contributed by atoms with E-state index in [1.807, 2.05) is 20.8 Å². The van der Waals surface area contributed by atoms with Crippen LogP contribution in [0.3, 0.4) is 0 Å². The molecule has 3 rings (SSSR count). The van der Waals surface area contributed by atoms with Crippen LogP contribution in [-0.2, 0) is 14.4 Å². The van der Waals surface area contributed by atoms with E-state index in [2.05, 4.69) is 10.6 Å². The third-order valence-corrected chi connectivity index (χ3v) is 6.58. The quantitative estimate of drug-likeness (QED) is 0.550. The van der Waals surface area contributed by atoms with Gasteiger partial charge in [-0.15, -0.1) is 0 Å². The summed E-state index contributed by atoms with van der Waals surface area (Å²) >= 11 is 0. The standard InChI is InChI=1S/C26H38N4O6/c1-4-29-13-14-36-22-8-6-5-7-19(22)24(33)27-20(16-23(32)30-11-9-18(31)10-12-30)25(34)28-21(26(29)35)15-17(2)3/h5-8,17-18,20-21,31H,4,9-16H2,1-3H3,(H,27,33)(H,28,34)/t20-,21+/m0/s1. The lowest BCUT2D eigenvalue weighted by Gasteiger charge is -2.31. The molecule has 1 fully saturated rings. The molecule has 10 heteroatoms. The predicted octanol–water partition coefficient (Wildman–Crippen LogP) is 0.930. The van der Waals surface area contributed by atoms with E-state index in [4.69, 9.17) is 4.74 Å². The number of hydrogen-bond acceptors (Lipinski definition) is 6. The van der Waals surface area contributed by atoms with Crippen molar-refractivity contribution < 1.29 is 29.0 Å². The Labute approximate surface area is 212 Å². The van der Waals surface area contributed by atoms with E-state index >= 15 is 0 Å². The van der Waals surface area contributed by atoms with Crippen LogP contribution in [0.25, 0.3) is 0 Å². The van der Waals surface area contributed by atoms with Gasteiger partial charge in [-0.3, -0.25) is 19.2 Å². The van der Waals surface area contributed by atoms with Gasteiger partial charge in [0, 0.05) is 19.6 Å². The molecule has 3 N–H and O–H groups in total. The van der Waals surface area contributed by atoms with E-state index < -0.39 is 30.0 Å². The second-order valence-corrected chi connectivity index (χ2v) is 9.80. The van der Waals surface area contributed by atoms with E-state index in [0.717, 1.165) is 0 Å². The number of carbonyl (C=O) groups excluding carboxylic acids is 4. The number of nitrogens with one attached hydrogen (secondary N) is 2. The molecule has 2 aliphatic rings. The van der Waals surface area contributed by atoms with Crippen molar-refractivity contribution in [3.05, 3.63) is 29.8 Å². The van der Waals surface area contributed by atoms with Crippen LogP contribution in [0, 0.1) is 5.92 Å². The van der Waals surface area contributed by atoms with Crippen LogP contribution in [0.5, 0.6) is 5.75 Å². The summed E-state index contributed by atoms with van der Waals surface area (Å²) in [4.78, 5) is 56.2.